The smallest absolute Gasteiger partial charge is 0.417 e. The fourth-order valence-corrected chi connectivity index (χ4v) is 2.93. The number of nitrogens with zero attached hydrogens (tertiary/aromatic N) is 1. The summed E-state index contributed by atoms with van der Waals surface area (Å²) in [5.74, 6) is -0.283. The number of rotatable bonds is 1. The Hall–Kier alpha value is -1.69. The van der Waals surface area contributed by atoms with E-state index in [1.54, 1.807) is 10.6 Å². The third-order valence-corrected chi connectivity index (χ3v) is 4.05. The molecule has 0 saturated carbocycles. The molecule has 3 rings (SSSR count). The molecule has 0 aliphatic carbocycles. The zero-order chi connectivity index (χ0) is 15.4. The van der Waals surface area contributed by atoms with Gasteiger partial charge in [0, 0.05) is 30.7 Å². The first kappa shape index (κ1) is 14.3. The minimum absolute atomic E-state index is 0.00950. The summed E-state index contributed by atoms with van der Waals surface area (Å²) >= 11 is 0. The Labute approximate surface area is 120 Å². The van der Waals surface area contributed by atoms with E-state index in [-0.39, 0.29) is 17.2 Å². The molecule has 0 unspecified atom stereocenters. The van der Waals surface area contributed by atoms with E-state index in [4.69, 9.17) is 0 Å². The monoisotopic (exact) mass is 298 g/mol. The molecule has 0 spiro atoms. The number of nitrogens with one attached hydrogen (secondary N) is 1. The lowest BCUT2D eigenvalue weighted by atomic mass is 9.96. The number of halogens is 3. The van der Waals surface area contributed by atoms with E-state index < -0.39 is 11.7 Å². The van der Waals surface area contributed by atoms with Crippen molar-refractivity contribution in [2.24, 2.45) is 0 Å². The van der Waals surface area contributed by atoms with Crippen LogP contribution in [0.2, 0.25) is 0 Å². The van der Waals surface area contributed by atoms with E-state index in [9.17, 15) is 18.3 Å². The highest BCUT2D eigenvalue weighted by Crippen LogP contribution is 2.43. The minimum atomic E-state index is -4.48. The van der Waals surface area contributed by atoms with Crippen molar-refractivity contribution in [3.05, 3.63) is 29.0 Å². The molecule has 21 heavy (non-hydrogen) atoms. The van der Waals surface area contributed by atoms with Gasteiger partial charge in [-0.25, -0.2) is 0 Å². The zero-order valence-corrected chi connectivity index (χ0v) is 11.9. The third kappa shape index (κ3) is 2.18. The molecule has 0 bridgehead atoms. The summed E-state index contributed by atoms with van der Waals surface area (Å²) in [7, 11) is 0. The second kappa shape index (κ2) is 4.66. The molecular weight excluding hydrogens is 281 g/mol. The number of benzene rings is 1. The van der Waals surface area contributed by atoms with Crippen LogP contribution >= 0.6 is 0 Å². The Kier molecular flexibility index (Phi) is 3.16. The number of fused-ring (bicyclic) bond motifs is 3. The van der Waals surface area contributed by atoms with Gasteiger partial charge in [0.05, 0.1) is 10.9 Å². The van der Waals surface area contributed by atoms with Crippen molar-refractivity contribution in [1.29, 1.82) is 0 Å². The Morgan fingerprint density at radius 1 is 1.29 bits per heavy atom. The number of hydrogen-bond acceptors (Lipinski definition) is 2. The Bertz CT molecular complexity index is 701. The molecule has 0 amide bonds. The molecule has 114 valence electrons. The molecule has 2 N–H and O–H groups in total. The largest absolute Gasteiger partial charge is 0.494 e. The van der Waals surface area contributed by atoms with Gasteiger partial charge in [0.1, 0.15) is 0 Å². The standard InChI is InChI=1S/C15H17F3N2O/c1-8(2)9-5-10-12-7-19-3-4-20(12)14(21)13(10)11(6-9)15(16,17)18/h5-6,8,19,21H,3-4,7H2,1-2H3. The Balaban J connectivity index is 2.41. The Morgan fingerprint density at radius 2 is 2.00 bits per heavy atom. The molecule has 0 atom stereocenters. The summed E-state index contributed by atoms with van der Waals surface area (Å²) in [5, 5.41) is 13.8. The maximum absolute atomic E-state index is 13.4. The van der Waals surface area contributed by atoms with Crippen LogP contribution < -0.4 is 5.32 Å². The van der Waals surface area contributed by atoms with E-state index in [0.717, 1.165) is 11.8 Å². The summed E-state index contributed by atoms with van der Waals surface area (Å²) in [6, 6.07) is 2.93. The highest BCUT2D eigenvalue weighted by atomic mass is 19.4. The van der Waals surface area contributed by atoms with Crippen molar-refractivity contribution in [3.8, 4) is 5.88 Å². The van der Waals surface area contributed by atoms with E-state index >= 15 is 0 Å². The fourth-order valence-electron chi connectivity index (χ4n) is 2.93. The molecule has 6 heteroatoms. The maximum Gasteiger partial charge on any atom is 0.417 e. The summed E-state index contributed by atoms with van der Waals surface area (Å²) in [6.45, 7) is 5.31. The van der Waals surface area contributed by atoms with Crippen LogP contribution in [0.5, 0.6) is 5.88 Å². The normalized spacial score (nSPS) is 15.7. The van der Waals surface area contributed by atoms with Crippen molar-refractivity contribution in [2.45, 2.75) is 39.0 Å². The molecule has 3 nitrogen and oxygen atoms in total. The molecule has 0 fully saturated rings. The van der Waals surface area contributed by atoms with Crippen molar-refractivity contribution in [3.63, 3.8) is 0 Å². The van der Waals surface area contributed by atoms with E-state index in [1.807, 2.05) is 13.8 Å². The minimum Gasteiger partial charge on any atom is -0.494 e. The number of aromatic hydroxyl groups is 1. The SMILES string of the molecule is CC(C)c1cc(C(F)(F)F)c2c(O)n3c(c2c1)CNCC3. The lowest BCUT2D eigenvalue weighted by Crippen LogP contribution is -2.27. The second-order valence-corrected chi connectivity index (χ2v) is 5.74. The van der Waals surface area contributed by atoms with Gasteiger partial charge in [-0.2, -0.15) is 13.2 Å². The molecular formula is C15H17F3N2O. The fraction of sp³-hybridized carbons (Fsp3) is 0.467. The van der Waals surface area contributed by atoms with Crippen LogP contribution in [0.4, 0.5) is 13.2 Å². The van der Waals surface area contributed by atoms with Gasteiger partial charge in [-0.05, 0) is 23.6 Å². The van der Waals surface area contributed by atoms with Crippen LogP contribution in [0.25, 0.3) is 10.8 Å². The highest BCUT2D eigenvalue weighted by Gasteiger charge is 2.36. The number of aromatic nitrogens is 1. The van der Waals surface area contributed by atoms with Gasteiger partial charge >= 0.3 is 6.18 Å². The molecule has 1 aromatic carbocycles. The summed E-state index contributed by atoms with van der Waals surface area (Å²) in [5.41, 5.74) is 0.610. The quantitative estimate of drug-likeness (QED) is 0.844. The number of hydrogen-bond donors (Lipinski definition) is 2. The van der Waals surface area contributed by atoms with Crippen LogP contribution in [-0.2, 0) is 19.3 Å². The number of alkyl halides is 3. The summed E-state index contributed by atoms with van der Waals surface area (Å²) in [4.78, 5) is 0. The Morgan fingerprint density at radius 3 is 2.62 bits per heavy atom. The molecule has 0 radical (unpaired) electrons. The lowest BCUT2D eigenvalue weighted by Gasteiger charge is -2.17. The van der Waals surface area contributed by atoms with Gasteiger partial charge in [-0.1, -0.05) is 13.8 Å². The van der Waals surface area contributed by atoms with Gasteiger partial charge in [0.25, 0.3) is 0 Å². The first-order chi connectivity index (χ1) is 9.80. The molecule has 0 saturated heterocycles. The van der Waals surface area contributed by atoms with Crippen LogP contribution in [-0.4, -0.2) is 16.2 Å². The van der Waals surface area contributed by atoms with Gasteiger partial charge < -0.3 is 15.0 Å². The van der Waals surface area contributed by atoms with E-state index in [2.05, 4.69) is 5.32 Å². The van der Waals surface area contributed by atoms with E-state index in [1.165, 1.54) is 0 Å². The van der Waals surface area contributed by atoms with Crippen LogP contribution in [0.15, 0.2) is 12.1 Å². The van der Waals surface area contributed by atoms with Crippen molar-refractivity contribution < 1.29 is 18.3 Å². The molecule has 2 heterocycles. The van der Waals surface area contributed by atoms with Gasteiger partial charge in [-0.15, -0.1) is 0 Å². The zero-order valence-electron chi connectivity index (χ0n) is 11.9. The first-order valence-corrected chi connectivity index (χ1v) is 6.96. The van der Waals surface area contributed by atoms with Gasteiger partial charge in [0.2, 0.25) is 0 Å². The highest BCUT2D eigenvalue weighted by molar-refractivity contribution is 5.95. The van der Waals surface area contributed by atoms with Crippen LogP contribution in [0, 0.1) is 0 Å². The first-order valence-electron chi connectivity index (χ1n) is 6.96. The van der Waals surface area contributed by atoms with Crippen LogP contribution in [0.1, 0.15) is 36.6 Å². The molecule has 2 aromatic rings. The average Bonchev–Trinajstić information content (AvgIpc) is 2.71. The van der Waals surface area contributed by atoms with E-state index in [0.29, 0.717) is 30.6 Å². The summed E-state index contributed by atoms with van der Waals surface area (Å²) < 4.78 is 41.7. The predicted octanol–water partition coefficient (Wildman–Crippen LogP) is 3.59. The maximum atomic E-state index is 13.4. The summed E-state index contributed by atoms with van der Waals surface area (Å²) in [6.07, 6.45) is -4.48. The van der Waals surface area contributed by atoms with Crippen molar-refractivity contribution >= 4 is 10.8 Å². The molecule has 1 aromatic heterocycles. The lowest BCUT2D eigenvalue weighted by molar-refractivity contribution is -0.136. The third-order valence-electron chi connectivity index (χ3n) is 4.05. The molecule has 1 aliphatic rings. The topological polar surface area (TPSA) is 37.2 Å². The van der Waals surface area contributed by atoms with Crippen molar-refractivity contribution in [2.75, 3.05) is 6.54 Å². The predicted molar refractivity (Wildman–Crippen MR) is 74.4 cm³/mol. The average molecular weight is 298 g/mol. The molecule has 1 aliphatic heterocycles. The van der Waals surface area contributed by atoms with Crippen LogP contribution in [0.3, 0.4) is 0 Å². The second-order valence-electron chi connectivity index (χ2n) is 5.74. The van der Waals surface area contributed by atoms with Gasteiger partial charge in [-0.3, -0.25) is 0 Å². The van der Waals surface area contributed by atoms with Gasteiger partial charge in [0.15, 0.2) is 5.88 Å². The van der Waals surface area contributed by atoms with Crippen molar-refractivity contribution in [1.82, 2.24) is 9.88 Å².